The van der Waals surface area contributed by atoms with Crippen LogP contribution in [0, 0.1) is 0 Å². The van der Waals surface area contributed by atoms with Crippen LogP contribution in [0.1, 0.15) is 39.0 Å². The predicted octanol–water partition coefficient (Wildman–Crippen LogP) is 2.00. The zero-order valence-electron chi connectivity index (χ0n) is 10.2. The Morgan fingerprint density at radius 2 is 1.94 bits per heavy atom. The van der Waals surface area contributed by atoms with Crippen molar-refractivity contribution < 1.29 is 4.79 Å². The summed E-state index contributed by atoms with van der Waals surface area (Å²) < 4.78 is 0. The third kappa shape index (κ3) is 5.71. The van der Waals surface area contributed by atoms with Gasteiger partial charge in [0.15, 0.2) is 0 Å². The van der Waals surface area contributed by atoms with Gasteiger partial charge in [-0.05, 0) is 45.8 Å². The molecule has 1 heterocycles. The van der Waals surface area contributed by atoms with Gasteiger partial charge in [0.2, 0.25) is 5.91 Å². The van der Waals surface area contributed by atoms with Gasteiger partial charge in [-0.1, -0.05) is 12.8 Å². The van der Waals surface area contributed by atoms with E-state index in [1.807, 2.05) is 0 Å². The lowest BCUT2D eigenvalue weighted by Crippen LogP contribution is -2.33. The second kappa shape index (κ2) is 7.91. The number of carbonyl (C=O) groups is 1. The average molecular weight is 247 g/mol. The van der Waals surface area contributed by atoms with Gasteiger partial charge in [0.05, 0.1) is 0 Å². The van der Waals surface area contributed by atoms with E-state index in [0.717, 1.165) is 19.5 Å². The zero-order chi connectivity index (χ0) is 11.8. The number of carbonyl (C=O) groups excluding carboxylic acids is 1. The van der Waals surface area contributed by atoms with E-state index < -0.39 is 5.38 Å². The molecule has 1 aliphatic heterocycles. The molecule has 3 nitrogen and oxygen atoms in total. The number of alkyl halides is 1. The molecular weight excluding hydrogens is 224 g/mol. The first-order chi connectivity index (χ1) is 7.70. The summed E-state index contributed by atoms with van der Waals surface area (Å²) in [6.07, 6.45) is 6.42. The molecule has 16 heavy (non-hydrogen) atoms. The minimum absolute atomic E-state index is 0.0578. The van der Waals surface area contributed by atoms with Crippen molar-refractivity contribution in [1.82, 2.24) is 10.2 Å². The molecule has 1 saturated heterocycles. The van der Waals surface area contributed by atoms with Gasteiger partial charge in [0.1, 0.15) is 5.38 Å². The first kappa shape index (κ1) is 13.8. The van der Waals surface area contributed by atoms with Gasteiger partial charge in [-0.2, -0.15) is 0 Å². The van der Waals surface area contributed by atoms with Crippen LogP contribution in [-0.4, -0.2) is 42.4 Å². The van der Waals surface area contributed by atoms with Gasteiger partial charge in [0.25, 0.3) is 0 Å². The van der Waals surface area contributed by atoms with E-state index in [1.54, 1.807) is 6.92 Å². The lowest BCUT2D eigenvalue weighted by atomic mass is 10.2. The summed E-state index contributed by atoms with van der Waals surface area (Å²) in [6, 6.07) is 0. The number of halogens is 1. The summed E-state index contributed by atoms with van der Waals surface area (Å²) in [5.74, 6) is -0.0578. The first-order valence-corrected chi connectivity index (χ1v) is 6.78. The SMILES string of the molecule is CC(Cl)C(=O)NCCCN1CCCCCC1. The molecule has 0 bridgehead atoms. The van der Waals surface area contributed by atoms with E-state index in [2.05, 4.69) is 10.2 Å². The monoisotopic (exact) mass is 246 g/mol. The molecular formula is C12H23ClN2O. The summed E-state index contributed by atoms with van der Waals surface area (Å²) >= 11 is 5.65. The third-order valence-corrected chi connectivity index (χ3v) is 3.21. The molecule has 1 unspecified atom stereocenters. The Labute approximate surface area is 104 Å². The highest BCUT2D eigenvalue weighted by Crippen LogP contribution is 2.09. The first-order valence-electron chi connectivity index (χ1n) is 6.34. The highest BCUT2D eigenvalue weighted by molar-refractivity contribution is 6.30. The van der Waals surface area contributed by atoms with Crippen LogP contribution < -0.4 is 5.32 Å². The molecule has 0 spiro atoms. The lowest BCUT2D eigenvalue weighted by molar-refractivity contribution is -0.120. The van der Waals surface area contributed by atoms with Crippen LogP contribution >= 0.6 is 11.6 Å². The number of nitrogens with one attached hydrogen (secondary N) is 1. The lowest BCUT2D eigenvalue weighted by Gasteiger charge is -2.19. The van der Waals surface area contributed by atoms with Gasteiger partial charge in [0, 0.05) is 6.54 Å². The minimum Gasteiger partial charge on any atom is -0.355 e. The molecule has 4 heteroatoms. The Balaban J connectivity index is 2.03. The Kier molecular flexibility index (Phi) is 6.81. The van der Waals surface area contributed by atoms with Crippen molar-refractivity contribution in [2.75, 3.05) is 26.2 Å². The van der Waals surface area contributed by atoms with E-state index in [0.29, 0.717) is 0 Å². The number of nitrogens with zero attached hydrogens (tertiary/aromatic N) is 1. The van der Waals surface area contributed by atoms with Gasteiger partial charge in [-0.25, -0.2) is 0 Å². The van der Waals surface area contributed by atoms with E-state index >= 15 is 0 Å². The quantitative estimate of drug-likeness (QED) is 0.595. The molecule has 0 saturated carbocycles. The summed E-state index contributed by atoms with van der Waals surface area (Å²) in [4.78, 5) is 13.7. The Hall–Kier alpha value is -0.280. The second-order valence-corrected chi connectivity index (χ2v) is 5.17. The number of likely N-dealkylation sites (tertiary alicyclic amines) is 1. The number of hydrogen-bond donors (Lipinski definition) is 1. The van der Waals surface area contributed by atoms with Crippen LogP contribution in [0.25, 0.3) is 0 Å². The highest BCUT2D eigenvalue weighted by atomic mass is 35.5. The second-order valence-electron chi connectivity index (χ2n) is 4.52. The maximum absolute atomic E-state index is 11.2. The van der Waals surface area contributed by atoms with Crippen LogP contribution in [0.5, 0.6) is 0 Å². The molecule has 94 valence electrons. The molecule has 1 aliphatic rings. The smallest absolute Gasteiger partial charge is 0.237 e. The number of rotatable bonds is 5. The van der Waals surface area contributed by atoms with Crippen LogP contribution in [0.2, 0.25) is 0 Å². The molecule has 0 radical (unpaired) electrons. The van der Waals surface area contributed by atoms with Crippen LogP contribution in [0.4, 0.5) is 0 Å². The molecule has 1 amide bonds. The van der Waals surface area contributed by atoms with Crippen molar-refractivity contribution in [3.8, 4) is 0 Å². The van der Waals surface area contributed by atoms with Crippen LogP contribution in [0.15, 0.2) is 0 Å². The fourth-order valence-corrected chi connectivity index (χ4v) is 2.09. The van der Waals surface area contributed by atoms with E-state index in [9.17, 15) is 4.79 Å². The number of amides is 1. The summed E-state index contributed by atoms with van der Waals surface area (Å²) in [6.45, 7) is 5.98. The van der Waals surface area contributed by atoms with Crippen LogP contribution in [-0.2, 0) is 4.79 Å². The Bertz CT molecular complexity index is 201. The average Bonchev–Trinajstić information content (AvgIpc) is 2.52. The van der Waals surface area contributed by atoms with Crippen LogP contribution in [0.3, 0.4) is 0 Å². The fraction of sp³-hybridized carbons (Fsp3) is 0.917. The molecule has 0 aliphatic carbocycles. The topological polar surface area (TPSA) is 32.3 Å². The van der Waals surface area contributed by atoms with E-state index in [4.69, 9.17) is 11.6 Å². The molecule has 0 aromatic heterocycles. The van der Waals surface area contributed by atoms with Crippen molar-refractivity contribution in [3.63, 3.8) is 0 Å². The van der Waals surface area contributed by atoms with Gasteiger partial charge in [-0.15, -0.1) is 11.6 Å². The van der Waals surface area contributed by atoms with Crippen molar-refractivity contribution >= 4 is 17.5 Å². The fourth-order valence-electron chi connectivity index (χ4n) is 2.01. The standard InChI is InChI=1S/C12H23ClN2O/c1-11(13)12(16)14-7-6-10-15-8-4-2-3-5-9-15/h11H,2-10H2,1H3,(H,14,16). The number of hydrogen-bond acceptors (Lipinski definition) is 2. The maximum Gasteiger partial charge on any atom is 0.237 e. The Morgan fingerprint density at radius 1 is 1.31 bits per heavy atom. The van der Waals surface area contributed by atoms with Crippen molar-refractivity contribution in [2.45, 2.75) is 44.4 Å². The van der Waals surface area contributed by atoms with Crippen molar-refractivity contribution in [3.05, 3.63) is 0 Å². The van der Waals surface area contributed by atoms with E-state index in [-0.39, 0.29) is 5.91 Å². The molecule has 1 atom stereocenters. The van der Waals surface area contributed by atoms with Gasteiger partial charge < -0.3 is 10.2 Å². The third-order valence-electron chi connectivity index (χ3n) is 3.01. The highest BCUT2D eigenvalue weighted by Gasteiger charge is 2.10. The maximum atomic E-state index is 11.2. The molecule has 1 fully saturated rings. The predicted molar refractivity (Wildman–Crippen MR) is 67.8 cm³/mol. The van der Waals surface area contributed by atoms with E-state index in [1.165, 1.54) is 38.8 Å². The molecule has 1 N–H and O–H groups in total. The minimum atomic E-state index is -0.418. The molecule has 1 rings (SSSR count). The summed E-state index contributed by atoms with van der Waals surface area (Å²) in [5, 5.41) is 2.42. The summed E-state index contributed by atoms with van der Waals surface area (Å²) in [7, 11) is 0. The van der Waals surface area contributed by atoms with Crippen molar-refractivity contribution in [1.29, 1.82) is 0 Å². The Morgan fingerprint density at radius 3 is 2.50 bits per heavy atom. The van der Waals surface area contributed by atoms with Crippen molar-refractivity contribution in [2.24, 2.45) is 0 Å². The normalized spacial score (nSPS) is 20.1. The molecule has 0 aromatic carbocycles. The van der Waals surface area contributed by atoms with Gasteiger partial charge in [-0.3, -0.25) is 4.79 Å². The molecule has 0 aromatic rings. The summed E-state index contributed by atoms with van der Waals surface area (Å²) in [5.41, 5.74) is 0. The largest absolute Gasteiger partial charge is 0.355 e. The zero-order valence-corrected chi connectivity index (χ0v) is 10.9. The van der Waals surface area contributed by atoms with Gasteiger partial charge >= 0.3 is 0 Å².